The Kier molecular flexibility index (Phi) is 5.89. The molecule has 0 unspecified atom stereocenters. The Labute approximate surface area is 140 Å². The fourth-order valence-electron chi connectivity index (χ4n) is 2.20. The summed E-state index contributed by atoms with van der Waals surface area (Å²) in [6.07, 6.45) is 1.05. The van der Waals surface area contributed by atoms with E-state index in [0.717, 1.165) is 6.42 Å². The van der Waals surface area contributed by atoms with Crippen LogP contribution in [0.4, 0.5) is 11.4 Å². The fourth-order valence-corrected chi connectivity index (χ4v) is 2.20. The van der Waals surface area contributed by atoms with Crippen molar-refractivity contribution < 1.29 is 14.5 Å². The zero-order chi connectivity index (χ0) is 17.5. The molecule has 0 aliphatic heterocycles. The van der Waals surface area contributed by atoms with Crippen molar-refractivity contribution in [3.63, 3.8) is 0 Å². The largest absolute Gasteiger partial charge is 0.477 e. The molecule has 0 bridgehead atoms. The molecule has 1 N–H and O–H groups in total. The summed E-state index contributed by atoms with van der Waals surface area (Å²) in [6, 6.07) is 13.6. The van der Waals surface area contributed by atoms with Gasteiger partial charge < -0.3 is 10.1 Å². The predicted octanol–water partition coefficient (Wildman–Crippen LogP) is 4.13. The maximum atomic E-state index is 11.9. The lowest BCUT2D eigenvalue weighted by Crippen LogP contribution is -2.20. The molecule has 126 valence electrons. The summed E-state index contributed by atoms with van der Waals surface area (Å²) in [5, 5.41) is 13.6. The maximum Gasteiger partial charge on any atom is 0.310 e. The number of ether oxygens (including phenoxy) is 1. The highest BCUT2D eigenvalue weighted by atomic mass is 16.6. The molecule has 2 rings (SSSR count). The first-order valence-corrected chi connectivity index (χ1v) is 7.77. The number of nitro benzene ring substituents is 1. The van der Waals surface area contributed by atoms with Gasteiger partial charge in [-0.05, 0) is 36.1 Å². The molecular formula is C18H20N2O4. The van der Waals surface area contributed by atoms with Gasteiger partial charge in [-0.1, -0.05) is 38.1 Å². The van der Waals surface area contributed by atoms with Crippen LogP contribution in [0.15, 0.2) is 48.5 Å². The van der Waals surface area contributed by atoms with E-state index >= 15 is 0 Å². The molecule has 0 saturated heterocycles. The second kappa shape index (κ2) is 8.10. The van der Waals surface area contributed by atoms with Gasteiger partial charge in [0.2, 0.25) is 0 Å². The number of nitro groups is 1. The highest BCUT2D eigenvalue weighted by Crippen LogP contribution is 2.25. The highest BCUT2D eigenvalue weighted by molar-refractivity contribution is 5.91. The van der Waals surface area contributed by atoms with E-state index in [9.17, 15) is 14.9 Å². The first kappa shape index (κ1) is 17.5. The lowest BCUT2D eigenvalue weighted by Gasteiger charge is -2.11. The van der Waals surface area contributed by atoms with Gasteiger partial charge in [-0.2, -0.15) is 0 Å². The Hall–Kier alpha value is -2.89. The lowest BCUT2D eigenvalue weighted by molar-refractivity contribution is -0.385. The molecule has 24 heavy (non-hydrogen) atoms. The van der Waals surface area contributed by atoms with Crippen LogP contribution in [0.25, 0.3) is 0 Å². The number of carbonyl (C=O) groups excluding carboxylic acids is 1. The molecule has 1 atom stereocenters. The SMILES string of the molecule is CC[C@H](C)c1ccc(NC(=O)COc2ccccc2[N+](=O)[O-])cc1. The number of amides is 1. The van der Waals surface area contributed by atoms with E-state index in [1.807, 2.05) is 24.3 Å². The van der Waals surface area contributed by atoms with Crippen molar-refractivity contribution in [3.05, 3.63) is 64.2 Å². The van der Waals surface area contributed by atoms with Gasteiger partial charge >= 0.3 is 5.69 Å². The quantitative estimate of drug-likeness (QED) is 0.612. The van der Waals surface area contributed by atoms with Gasteiger partial charge in [-0.15, -0.1) is 0 Å². The summed E-state index contributed by atoms with van der Waals surface area (Å²) in [7, 11) is 0. The first-order valence-electron chi connectivity index (χ1n) is 7.77. The summed E-state index contributed by atoms with van der Waals surface area (Å²) >= 11 is 0. The molecule has 0 spiro atoms. The highest BCUT2D eigenvalue weighted by Gasteiger charge is 2.15. The molecule has 1 amide bonds. The number of para-hydroxylation sites is 2. The number of rotatable bonds is 7. The molecule has 0 heterocycles. The number of anilines is 1. The van der Waals surface area contributed by atoms with E-state index in [1.165, 1.54) is 17.7 Å². The van der Waals surface area contributed by atoms with Crippen molar-refractivity contribution in [2.24, 2.45) is 0 Å². The Balaban J connectivity index is 1.93. The fraction of sp³-hybridized carbons (Fsp3) is 0.278. The first-order chi connectivity index (χ1) is 11.5. The van der Waals surface area contributed by atoms with Crippen molar-refractivity contribution in [2.75, 3.05) is 11.9 Å². The van der Waals surface area contributed by atoms with Crippen molar-refractivity contribution >= 4 is 17.3 Å². The van der Waals surface area contributed by atoms with Crippen molar-refractivity contribution in [1.82, 2.24) is 0 Å². The maximum absolute atomic E-state index is 11.9. The van der Waals surface area contributed by atoms with Gasteiger partial charge in [0.15, 0.2) is 12.4 Å². The van der Waals surface area contributed by atoms with Gasteiger partial charge in [0.05, 0.1) is 4.92 Å². The molecule has 0 radical (unpaired) electrons. The van der Waals surface area contributed by atoms with Crippen LogP contribution in [0.5, 0.6) is 5.75 Å². The summed E-state index contributed by atoms with van der Waals surface area (Å²) in [5.41, 5.74) is 1.72. The molecular weight excluding hydrogens is 308 g/mol. The molecule has 2 aromatic carbocycles. The lowest BCUT2D eigenvalue weighted by atomic mass is 9.99. The smallest absolute Gasteiger partial charge is 0.310 e. The van der Waals surface area contributed by atoms with Gasteiger partial charge in [-0.3, -0.25) is 14.9 Å². The minimum absolute atomic E-state index is 0.0739. The zero-order valence-electron chi connectivity index (χ0n) is 13.7. The minimum atomic E-state index is -0.541. The van der Waals surface area contributed by atoms with Crippen LogP contribution in [0.3, 0.4) is 0 Å². The van der Waals surface area contributed by atoms with Crippen LogP contribution in [0.1, 0.15) is 31.7 Å². The molecule has 6 heteroatoms. The monoisotopic (exact) mass is 328 g/mol. The van der Waals surface area contributed by atoms with Crippen molar-refractivity contribution in [3.8, 4) is 5.75 Å². The average Bonchev–Trinajstić information content (AvgIpc) is 2.60. The second-order valence-corrected chi connectivity index (χ2v) is 5.49. The van der Waals surface area contributed by atoms with E-state index in [-0.39, 0.29) is 24.0 Å². The molecule has 6 nitrogen and oxygen atoms in total. The van der Waals surface area contributed by atoms with E-state index in [0.29, 0.717) is 11.6 Å². The van der Waals surface area contributed by atoms with E-state index < -0.39 is 4.92 Å². The van der Waals surface area contributed by atoms with Crippen LogP contribution >= 0.6 is 0 Å². The zero-order valence-corrected chi connectivity index (χ0v) is 13.7. The van der Waals surface area contributed by atoms with E-state index in [1.54, 1.807) is 12.1 Å². The van der Waals surface area contributed by atoms with Gasteiger partial charge in [0.1, 0.15) is 0 Å². The molecule has 0 aromatic heterocycles. The summed E-state index contributed by atoms with van der Waals surface area (Å²) in [5.74, 6) is 0.172. The Morgan fingerprint density at radius 1 is 1.21 bits per heavy atom. The second-order valence-electron chi connectivity index (χ2n) is 5.49. The third kappa shape index (κ3) is 4.55. The van der Waals surface area contributed by atoms with E-state index in [2.05, 4.69) is 19.2 Å². The molecule has 0 fully saturated rings. The Bertz CT molecular complexity index is 713. The van der Waals surface area contributed by atoms with Gasteiger partial charge in [0, 0.05) is 11.8 Å². The number of carbonyl (C=O) groups is 1. The van der Waals surface area contributed by atoms with Crippen LogP contribution in [0.2, 0.25) is 0 Å². The average molecular weight is 328 g/mol. The minimum Gasteiger partial charge on any atom is -0.477 e. The third-order valence-electron chi connectivity index (χ3n) is 3.80. The van der Waals surface area contributed by atoms with Crippen molar-refractivity contribution in [1.29, 1.82) is 0 Å². The number of nitrogens with zero attached hydrogens (tertiary/aromatic N) is 1. The number of hydrogen-bond donors (Lipinski definition) is 1. The van der Waals surface area contributed by atoms with Crippen LogP contribution < -0.4 is 10.1 Å². The molecule has 2 aromatic rings. The summed E-state index contributed by atoms with van der Waals surface area (Å²) in [6.45, 7) is 3.98. The standard InChI is InChI=1S/C18H20N2O4/c1-3-13(2)14-8-10-15(11-9-14)19-18(21)12-24-17-7-5-4-6-16(17)20(22)23/h4-11,13H,3,12H2,1-2H3,(H,19,21)/t13-/m0/s1. The Morgan fingerprint density at radius 2 is 1.88 bits per heavy atom. The summed E-state index contributed by atoms with van der Waals surface area (Å²) in [4.78, 5) is 22.3. The molecule has 0 aliphatic rings. The molecule has 0 aliphatic carbocycles. The normalized spacial score (nSPS) is 11.6. The van der Waals surface area contributed by atoms with Crippen LogP contribution in [-0.4, -0.2) is 17.4 Å². The number of nitrogens with one attached hydrogen (secondary N) is 1. The topological polar surface area (TPSA) is 81.5 Å². The van der Waals surface area contributed by atoms with Crippen LogP contribution in [-0.2, 0) is 4.79 Å². The van der Waals surface area contributed by atoms with Gasteiger partial charge in [-0.25, -0.2) is 0 Å². The number of benzene rings is 2. The Morgan fingerprint density at radius 3 is 2.50 bits per heavy atom. The van der Waals surface area contributed by atoms with E-state index in [4.69, 9.17) is 4.74 Å². The number of hydrogen-bond acceptors (Lipinski definition) is 4. The van der Waals surface area contributed by atoms with Crippen molar-refractivity contribution in [2.45, 2.75) is 26.2 Å². The predicted molar refractivity (Wildman–Crippen MR) is 92.4 cm³/mol. The molecule has 0 saturated carbocycles. The third-order valence-corrected chi connectivity index (χ3v) is 3.80. The summed E-state index contributed by atoms with van der Waals surface area (Å²) < 4.78 is 5.26. The van der Waals surface area contributed by atoms with Gasteiger partial charge in [0.25, 0.3) is 5.91 Å². The van der Waals surface area contributed by atoms with Crippen LogP contribution in [0, 0.1) is 10.1 Å².